The lowest BCUT2D eigenvalue weighted by atomic mass is 9.94. The first-order chi connectivity index (χ1) is 17.7. The molecule has 1 fully saturated rings. The topological polar surface area (TPSA) is 102 Å². The Labute approximate surface area is 230 Å². The van der Waals surface area contributed by atoms with Gasteiger partial charge in [0.25, 0.3) is 0 Å². The molecule has 0 spiro atoms. The summed E-state index contributed by atoms with van der Waals surface area (Å²) in [5.41, 5.74) is 6.22. The third kappa shape index (κ3) is 12.3. The highest BCUT2D eigenvalue weighted by Crippen LogP contribution is 2.29. The Morgan fingerprint density at radius 1 is 0.763 bits per heavy atom. The second-order valence-electron chi connectivity index (χ2n) is 13.8. The molecule has 0 radical (unpaired) electrons. The number of hydrogen-bond acceptors (Lipinski definition) is 8. The first kappa shape index (κ1) is 32.9. The molecule has 3 N–H and O–H groups in total. The molecule has 220 valence electrons. The average molecular weight is 540 g/mol. The van der Waals surface area contributed by atoms with Gasteiger partial charge in [0.05, 0.1) is 59.5 Å². The zero-order valence-electron chi connectivity index (χ0n) is 25.0. The second-order valence-corrected chi connectivity index (χ2v) is 13.8. The third-order valence-electron chi connectivity index (χ3n) is 6.28. The Hall–Kier alpha value is -1.26. The lowest BCUT2D eigenvalue weighted by Gasteiger charge is -2.28. The van der Waals surface area contributed by atoms with Gasteiger partial charge in [-0.15, -0.1) is 0 Å². The molecule has 8 heteroatoms. The lowest BCUT2D eigenvalue weighted by Crippen LogP contribution is -2.33. The van der Waals surface area contributed by atoms with Crippen LogP contribution in [0.4, 0.5) is 0 Å². The van der Waals surface area contributed by atoms with Crippen LogP contribution in [0.2, 0.25) is 0 Å². The van der Waals surface area contributed by atoms with Crippen molar-refractivity contribution in [3.8, 4) is 5.75 Å². The maximum absolute atomic E-state index is 9.37. The van der Waals surface area contributed by atoms with Crippen LogP contribution in [-0.2, 0) is 23.7 Å². The van der Waals surface area contributed by atoms with E-state index in [2.05, 4.69) is 41.5 Å². The van der Waals surface area contributed by atoms with Gasteiger partial charge < -0.3 is 39.3 Å². The van der Waals surface area contributed by atoms with Crippen LogP contribution in [0, 0.1) is 21.7 Å². The maximum Gasteiger partial charge on any atom is 0.184 e. The SMILES string of the molecule is CC(C)(CN)COCC(C)(C)COc1ccc(C2OCC(COCC(C)(C)COCC(C)(C)CO)O2)cc1. The van der Waals surface area contributed by atoms with Crippen LogP contribution in [-0.4, -0.2) is 77.2 Å². The van der Waals surface area contributed by atoms with Crippen molar-refractivity contribution in [3.05, 3.63) is 29.8 Å². The Balaban J connectivity index is 1.70. The van der Waals surface area contributed by atoms with Gasteiger partial charge in [-0.1, -0.05) is 67.5 Å². The normalized spacial score (nSPS) is 19.2. The molecule has 1 aliphatic rings. The quantitative estimate of drug-likeness (QED) is 0.279. The summed E-state index contributed by atoms with van der Waals surface area (Å²) < 4.78 is 35.6. The summed E-state index contributed by atoms with van der Waals surface area (Å²) in [5.74, 6) is 0.800. The van der Waals surface area contributed by atoms with Crippen LogP contribution in [0.3, 0.4) is 0 Å². The van der Waals surface area contributed by atoms with Crippen molar-refractivity contribution in [2.75, 3.05) is 66.0 Å². The minimum Gasteiger partial charge on any atom is -0.493 e. The molecule has 1 aromatic carbocycles. The van der Waals surface area contributed by atoms with Crippen molar-refractivity contribution in [2.24, 2.45) is 27.4 Å². The maximum atomic E-state index is 9.37. The fraction of sp³-hybridized carbons (Fsp3) is 0.800. The van der Waals surface area contributed by atoms with E-state index >= 15 is 0 Å². The summed E-state index contributed by atoms with van der Waals surface area (Å²) in [5, 5.41) is 9.37. The molecule has 0 saturated carbocycles. The van der Waals surface area contributed by atoms with Crippen molar-refractivity contribution >= 4 is 0 Å². The third-order valence-corrected chi connectivity index (χ3v) is 6.28. The van der Waals surface area contributed by atoms with Crippen LogP contribution in [0.1, 0.15) is 67.2 Å². The summed E-state index contributed by atoms with van der Waals surface area (Å²) >= 11 is 0. The fourth-order valence-corrected chi connectivity index (χ4v) is 3.57. The van der Waals surface area contributed by atoms with Crippen LogP contribution < -0.4 is 10.5 Å². The highest BCUT2D eigenvalue weighted by atomic mass is 16.7. The van der Waals surface area contributed by atoms with Gasteiger partial charge in [0, 0.05) is 27.2 Å². The molecule has 0 aromatic heterocycles. The highest BCUT2D eigenvalue weighted by molar-refractivity contribution is 5.28. The van der Waals surface area contributed by atoms with Crippen molar-refractivity contribution < 1.29 is 33.5 Å². The summed E-state index contributed by atoms with van der Waals surface area (Å²) in [4.78, 5) is 0. The number of aliphatic hydroxyl groups is 1. The van der Waals surface area contributed by atoms with E-state index < -0.39 is 6.29 Å². The first-order valence-electron chi connectivity index (χ1n) is 13.7. The predicted octanol–water partition coefficient (Wildman–Crippen LogP) is 4.59. The van der Waals surface area contributed by atoms with E-state index in [1.807, 2.05) is 38.1 Å². The molecule has 0 aliphatic carbocycles. The number of nitrogens with two attached hydrogens (primary N) is 1. The van der Waals surface area contributed by atoms with E-state index in [-0.39, 0.29) is 34.4 Å². The van der Waals surface area contributed by atoms with Crippen LogP contribution >= 0.6 is 0 Å². The molecule has 8 nitrogen and oxygen atoms in total. The van der Waals surface area contributed by atoms with Gasteiger partial charge in [0.2, 0.25) is 0 Å². The standard InChI is InChI=1S/C30H53NO7/c1-27(2,15-31)17-34-21-30(7,8)22-37-24-11-9-23(10-12-24)26-36-14-25(38-26)13-33-19-29(5,6)20-35-18-28(3,4)16-32/h9-12,25-26,32H,13-22,31H2,1-8H3. The Morgan fingerprint density at radius 2 is 1.29 bits per heavy atom. The van der Waals surface area contributed by atoms with Crippen molar-refractivity contribution in [2.45, 2.75) is 67.8 Å². The number of ether oxygens (including phenoxy) is 6. The number of aliphatic hydroxyl groups excluding tert-OH is 1. The molecule has 1 saturated heterocycles. The molecular formula is C30H53NO7. The van der Waals surface area contributed by atoms with Gasteiger partial charge in [-0.3, -0.25) is 0 Å². The van der Waals surface area contributed by atoms with E-state index in [0.717, 1.165) is 11.3 Å². The Bertz CT molecular complexity index is 807. The van der Waals surface area contributed by atoms with E-state index in [1.54, 1.807) is 0 Å². The summed E-state index contributed by atoms with van der Waals surface area (Å²) in [7, 11) is 0. The van der Waals surface area contributed by atoms with E-state index in [0.29, 0.717) is 59.4 Å². The first-order valence-corrected chi connectivity index (χ1v) is 13.7. The van der Waals surface area contributed by atoms with Crippen LogP contribution in [0.5, 0.6) is 5.75 Å². The van der Waals surface area contributed by atoms with Gasteiger partial charge in [-0.2, -0.15) is 0 Å². The number of rotatable bonds is 18. The van der Waals surface area contributed by atoms with Crippen LogP contribution in [0.25, 0.3) is 0 Å². The molecule has 0 amide bonds. The summed E-state index contributed by atoms with van der Waals surface area (Å²) in [6, 6.07) is 7.84. The summed E-state index contributed by atoms with van der Waals surface area (Å²) in [6.45, 7) is 21.7. The van der Waals surface area contributed by atoms with Gasteiger partial charge in [0.15, 0.2) is 6.29 Å². The Kier molecular flexibility index (Phi) is 12.5. The molecule has 1 heterocycles. The molecule has 1 aliphatic heterocycles. The molecule has 2 atom stereocenters. The predicted molar refractivity (Wildman–Crippen MR) is 149 cm³/mol. The summed E-state index contributed by atoms with van der Waals surface area (Å²) in [6.07, 6.45) is -0.531. The van der Waals surface area contributed by atoms with E-state index in [9.17, 15) is 5.11 Å². The van der Waals surface area contributed by atoms with E-state index in [4.69, 9.17) is 34.2 Å². The lowest BCUT2D eigenvalue weighted by molar-refractivity contribution is -0.0844. The molecule has 1 aromatic rings. The second kappa shape index (κ2) is 14.4. The number of hydrogen-bond donors (Lipinski definition) is 2. The zero-order chi connectivity index (χ0) is 28.5. The van der Waals surface area contributed by atoms with Gasteiger partial charge in [-0.25, -0.2) is 0 Å². The Morgan fingerprint density at radius 3 is 1.87 bits per heavy atom. The molecular weight excluding hydrogens is 486 g/mol. The highest BCUT2D eigenvalue weighted by Gasteiger charge is 2.29. The average Bonchev–Trinajstić information content (AvgIpc) is 3.31. The molecule has 38 heavy (non-hydrogen) atoms. The monoisotopic (exact) mass is 539 g/mol. The smallest absolute Gasteiger partial charge is 0.184 e. The number of benzene rings is 1. The van der Waals surface area contributed by atoms with Crippen LogP contribution in [0.15, 0.2) is 24.3 Å². The van der Waals surface area contributed by atoms with Gasteiger partial charge in [0.1, 0.15) is 11.9 Å². The van der Waals surface area contributed by atoms with Crippen molar-refractivity contribution in [3.63, 3.8) is 0 Å². The van der Waals surface area contributed by atoms with E-state index in [1.165, 1.54) is 0 Å². The minimum atomic E-state index is -0.412. The fourth-order valence-electron chi connectivity index (χ4n) is 3.57. The zero-order valence-corrected chi connectivity index (χ0v) is 25.0. The molecule has 2 rings (SSSR count). The largest absolute Gasteiger partial charge is 0.493 e. The van der Waals surface area contributed by atoms with Gasteiger partial charge in [-0.05, 0) is 18.7 Å². The van der Waals surface area contributed by atoms with Crippen molar-refractivity contribution in [1.82, 2.24) is 0 Å². The van der Waals surface area contributed by atoms with Crippen molar-refractivity contribution in [1.29, 1.82) is 0 Å². The minimum absolute atomic E-state index is 0.0214. The molecule has 2 unspecified atom stereocenters. The molecule has 0 bridgehead atoms. The van der Waals surface area contributed by atoms with Gasteiger partial charge >= 0.3 is 0 Å².